The zero-order valence-corrected chi connectivity index (χ0v) is 11.1. The molecule has 17 heavy (non-hydrogen) atoms. The first-order valence-corrected chi connectivity index (χ1v) is 6.36. The summed E-state index contributed by atoms with van der Waals surface area (Å²) in [5.41, 5.74) is 0.00432. The van der Waals surface area contributed by atoms with Crippen molar-refractivity contribution in [2.24, 2.45) is 5.41 Å². The van der Waals surface area contributed by atoms with E-state index in [0.717, 1.165) is 5.56 Å². The Kier molecular flexibility index (Phi) is 5.16. The molecule has 0 heterocycles. The monoisotopic (exact) mass is 254 g/mol. The third-order valence-electron chi connectivity index (χ3n) is 3.06. The van der Waals surface area contributed by atoms with E-state index in [2.05, 4.69) is 0 Å². The third-order valence-corrected chi connectivity index (χ3v) is 3.32. The summed E-state index contributed by atoms with van der Waals surface area (Å²) in [6, 6.07) is 9.27. The lowest BCUT2D eigenvalue weighted by molar-refractivity contribution is -0.133. The van der Waals surface area contributed by atoms with Crippen LogP contribution in [0.3, 0.4) is 0 Å². The molecule has 1 unspecified atom stereocenters. The van der Waals surface area contributed by atoms with Crippen molar-refractivity contribution in [1.82, 2.24) is 0 Å². The minimum absolute atomic E-state index is 0.0505. The lowest BCUT2D eigenvalue weighted by Crippen LogP contribution is -2.31. The number of carbonyl (C=O) groups is 1. The largest absolute Gasteiger partial charge is 0.387 e. The summed E-state index contributed by atoms with van der Waals surface area (Å²) in [5, 5.41) is 10.3. The van der Waals surface area contributed by atoms with Crippen molar-refractivity contribution < 1.29 is 9.90 Å². The van der Waals surface area contributed by atoms with Crippen molar-refractivity contribution in [3.05, 3.63) is 35.9 Å². The molecule has 0 saturated heterocycles. The Labute approximate surface area is 108 Å². The van der Waals surface area contributed by atoms with Gasteiger partial charge in [0.05, 0.1) is 11.5 Å². The van der Waals surface area contributed by atoms with Crippen molar-refractivity contribution in [3.8, 4) is 0 Å². The fourth-order valence-electron chi connectivity index (χ4n) is 1.75. The van der Waals surface area contributed by atoms with Crippen LogP contribution in [0.5, 0.6) is 0 Å². The predicted octanol–water partition coefficient (Wildman–Crippen LogP) is 3.33. The van der Waals surface area contributed by atoms with Crippen molar-refractivity contribution in [1.29, 1.82) is 0 Å². The molecule has 0 aliphatic carbocycles. The number of carbonyl (C=O) groups excluding carboxylic acids is 1. The highest BCUT2D eigenvalue weighted by molar-refractivity contribution is 6.17. The Morgan fingerprint density at radius 1 is 1.35 bits per heavy atom. The molecule has 2 nitrogen and oxygen atoms in total. The van der Waals surface area contributed by atoms with Crippen molar-refractivity contribution in [2.45, 2.75) is 32.8 Å². The molecule has 1 atom stereocenters. The third kappa shape index (κ3) is 3.55. The highest BCUT2D eigenvalue weighted by atomic mass is 35.5. The van der Waals surface area contributed by atoms with Crippen LogP contribution in [-0.2, 0) is 4.79 Å². The summed E-state index contributed by atoms with van der Waals surface area (Å²) < 4.78 is 0. The van der Waals surface area contributed by atoms with E-state index >= 15 is 0 Å². The van der Waals surface area contributed by atoms with Gasteiger partial charge in [-0.3, -0.25) is 4.79 Å². The van der Waals surface area contributed by atoms with Gasteiger partial charge in [-0.15, -0.1) is 11.6 Å². The summed E-state index contributed by atoms with van der Waals surface area (Å²) >= 11 is 5.58. The molecule has 0 amide bonds. The molecule has 94 valence electrons. The Balaban J connectivity index is 2.79. The first kappa shape index (κ1) is 14.2. The van der Waals surface area contributed by atoms with Gasteiger partial charge < -0.3 is 5.11 Å². The van der Waals surface area contributed by atoms with Gasteiger partial charge in [-0.2, -0.15) is 0 Å². The number of aliphatic hydroxyl groups excluding tert-OH is 1. The number of benzene rings is 1. The zero-order valence-electron chi connectivity index (χ0n) is 10.3. The number of hydrogen-bond acceptors (Lipinski definition) is 2. The summed E-state index contributed by atoms with van der Waals surface area (Å²) in [6.07, 6.45) is 0.303. The minimum Gasteiger partial charge on any atom is -0.387 e. The van der Waals surface area contributed by atoms with Crippen LogP contribution in [0.4, 0.5) is 0 Å². The van der Waals surface area contributed by atoms with Gasteiger partial charge in [0.15, 0.2) is 0 Å². The molecular formula is C14H19ClO2. The topological polar surface area (TPSA) is 37.3 Å². The molecule has 0 aromatic heterocycles. The van der Waals surface area contributed by atoms with Gasteiger partial charge in [0.1, 0.15) is 5.78 Å². The molecule has 1 rings (SSSR count). The Morgan fingerprint density at radius 3 is 2.47 bits per heavy atom. The number of ketones is 1. The average Bonchev–Trinajstić information content (AvgIpc) is 2.35. The molecule has 3 heteroatoms. The fraction of sp³-hybridized carbons (Fsp3) is 0.500. The van der Waals surface area contributed by atoms with Gasteiger partial charge in [0, 0.05) is 12.3 Å². The van der Waals surface area contributed by atoms with Gasteiger partial charge in [0.25, 0.3) is 0 Å². The van der Waals surface area contributed by atoms with E-state index in [0.29, 0.717) is 18.7 Å². The van der Waals surface area contributed by atoms with Crippen LogP contribution in [0, 0.1) is 5.41 Å². The molecule has 1 aromatic rings. The molecule has 1 aromatic carbocycles. The maximum atomic E-state index is 12.0. The van der Waals surface area contributed by atoms with Crippen molar-refractivity contribution in [2.75, 3.05) is 5.88 Å². The van der Waals surface area contributed by atoms with Crippen LogP contribution < -0.4 is 0 Å². The molecule has 0 fully saturated rings. The Hall–Kier alpha value is -0.860. The van der Waals surface area contributed by atoms with Gasteiger partial charge >= 0.3 is 0 Å². The molecule has 0 spiro atoms. The summed E-state index contributed by atoms with van der Waals surface area (Å²) in [7, 11) is 0. The van der Waals surface area contributed by atoms with Crippen LogP contribution in [0.15, 0.2) is 30.3 Å². The second kappa shape index (κ2) is 6.18. The lowest BCUT2D eigenvalue weighted by Gasteiger charge is -2.29. The molecular weight excluding hydrogens is 236 g/mol. The van der Waals surface area contributed by atoms with Crippen LogP contribution >= 0.6 is 11.6 Å². The summed E-state index contributed by atoms with van der Waals surface area (Å²) in [4.78, 5) is 12.0. The van der Waals surface area contributed by atoms with Gasteiger partial charge in [-0.1, -0.05) is 44.2 Å². The molecule has 0 radical (unpaired) electrons. The highest BCUT2D eigenvalue weighted by Gasteiger charge is 2.35. The quantitative estimate of drug-likeness (QED) is 0.791. The predicted molar refractivity (Wildman–Crippen MR) is 70.1 cm³/mol. The van der Waals surface area contributed by atoms with Gasteiger partial charge in [-0.05, 0) is 12.0 Å². The Bertz CT molecular complexity index is 360. The van der Waals surface area contributed by atoms with Crippen LogP contribution in [-0.4, -0.2) is 16.8 Å². The highest BCUT2D eigenvalue weighted by Crippen LogP contribution is 2.35. The summed E-state index contributed by atoms with van der Waals surface area (Å²) in [5.74, 6) is 0.526. The maximum Gasteiger partial charge on any atom is 0.141 e. The van der Waals surface area contributed by atoms with Crippen molar-refractivity contribution in [3.63, 3.8) is 0 Å². The van der Waals surface area contributed by atoms with Crippen LogP contribution in [0.2, 0.25) is 0 Å². The zero-order chi connectivity index (χ0) is 12.9. The van der Waals surface area contributed by atoms with E-state index in [9.17, 15) is 9.90 Å². The molecule has 0 aliphatic rings. The van der Waals surface area contributed by atoms with E-state index < -0.39 is 11.5 Å². The van der Waals surface area contributed by atoms with E-state index in [1.807, 2.05) is 30.3 Å². The standard InChI is InChI=1S/C14H19ClO2/c1-14(2,12(16)9-6-10-15)13(17)11-7-4-3-5-8-11/h3-5,7-8,13,17H,6,9-10H2,1-2H3. The molecule has 0 aliphatic heterocycles. The van der Waals surface area contributed by atoms with Crippen molar-refractivity contribution >= 4 is 17.4 Å². The van der Waals surface area contributed by atoms with E-state index in [1.54, 1.807) is 13.8 Å². The number of Topliss-reactive ketones (excluding diaryl/α,β-unsaturated/α-hetero) is 1. The second-order valence-corrected chi connectivity index (χ2v) is 5.13. The van der Waals surface area contributed by atoms with E-state index in [1.165, 1.54) is 0 Å². The first-order valence-electron chi connectivity index (χ1n) is 5.82. The minimum atomic E-state index is -0.772. The maximum absolute atomic E-state index is 12.0. The van der Waals surface area contributed by atoms with Gasteiger partial charge in [0.2, 0.25) is 0 Å². The first-order chi connectivity index (χ1) is 8.00. The van der Waals surface area contributed by atoms with Crippen LogP contribution in [0.1, 0.15) is 38.4 Å². The summed E-state index contributed by atoms with van der Waals surface area (Å²) in [6.45, 7) is 3.56. The smallest absolute Gasteiger partial charge is 0.141 e. The van der Waals surface area contributed by atoms with E-state index in [-0.39, 0.29) is 5.78 Å². The fourth-order valence-corrected chi connectivity index (χ4v) is 1.89. The molecule has 0 bridgehead atoms. The van der Waals surface area contributed by atoms with Gasteiger partial charge in [-0.25, -0.2) is 0 Å². The lowest BCUT2D eigenvalue weighted by atomic mass is 9.77. The second-order valence-electron chi connectivity index (χ2n) is 4.75. The number of rotatable bonds is 6. The Morgan fingerprint density at radius 2 is 1.94 bits per heavy atom. The normalized spacial score (nSPS) is 13.4. The number of alkyl halides is 1. The molecule has 1 N–H and O–H groups in total. The van der Waals surface area contributed by atoms with Crippen LogP contribution in [0.25, 0.3) is 0 Å². The number of halogens is 1. The van der Waals surface area contributed by atoms with E-state index in [4.69, 9.17) is 11.6 Å². The number of aliphatic hydroxyl groups is 1. The number of hydrogen-bond donors (Lipinski definition) is 1. The molecule has 0 saturated carbocycles. The average molecular weight is 255 g/mol. The SMILES string of the molecule is CC(C)(C(=O)CCCCl)C(O)c1ccccc1.